The predicted octanol–water partition coefficient (Wildman–Crippen LogP) is 1.96. The second-order valence-electron chi connectivity index (χ2n) is 7.72. The van der Waals surface area contributed by atoms with Gasteiger partial charge < -0.3 is 24.6 Å². The molecule has 1 atom stereocenters. The first kappa shape index (κ1) is 18.3. The Kier molecular flexibility index (Phi) is 4.82. The molecule has 0 aromatic heterocycles. The first-order chi connectivity index (χ1) is 13.0. The number of likely N-dealkylation sites (tertiary alicyclic amines) is 1. The van der Waals surface area contributed by atoms with E-state index in [0.717, 1.165) is 11.3 Å². The van der Waals surface area contributed by atoms with Crippen LogP contribution in [0.25, 0.3) is 0 Å². The minimum Gasteiger partial charge on any atom is -0.347 e. The Morgan fingerprint density at radius 1 is 1.15 bits per heavy atom. The van der Waals surface area contributed by atoms with Gasteiger partial charge in [-0.2, -0.15) is 0 Å². The molecule has 0 bridgehead atoms. The number of aryl methyl sites for hydroxylation is 2. The van der Waals surface area contributed by atoms with Crippen LogP contribution < -0.4 is 10.2 Å². The molecule has 1 N–H and O–H groups in total. The molecule has 3 fully saturated rings. The maximum absolute atomic E-state index is 12.6. The SMILES string of the molecule is Cc1ccc(N2CC(NC(=O)N3CCC4(CC3)OCCO4)CC2=O)cc1C. The van der Waals surface area contributed by atoms with Gasteiger partial charge >= 0.3 is 6.03 Å². The molecule has 3 amide bonds. The summed E-state index contributed by atoms with van der Waals surface area (Å²) < 4.78 is 11.4. The van der Waals surface area contributed by atoms with E-state index in [9.17, 15) is 9.59 Å². The Hall–Kier alpha value is -2.12. The lowest BCUT2D eigenvalue weighted by Crippen LogP contribution is -2.52. The molecule has 146 valence electrons. The van der Waals surface area contributed by atoms with Gasteiger partial charge in [-0.3, -0.25) is 4.79 Å². The topological polar surface area (TPSA) is 71.1 Å². The highest BCUT2D eigenvalue weighted by Gasteiger charge is 2.41. The maximum atomic E-state index is 12.6. The van der Waals surface area contributed by atoms with E-state index in [2.05, 4.69) is 12.2 Å². The fraction of sp³-hybridized carbons (Fsp3) is 0.600. The van der Waals surface area contributed by atoms with Gasteiger partial charge in [0.15, 0.2) is 5.79 Å². The smallest absolute Gasteiger partial charge is 0.317 e. The van der Waals surface area contributed by atoms with Crippen LogP contribution in [-0.2, 0) is 14.3 Å². The summed E-state index contributed by atoms with van der Waals surface area (Å²) in [6, 6.07) is 5.75. The summed E-state index contributed by atoms with van der Waals surface area (Å²) in [5.41, 5.74) is 3.26. The summed E-state index contributed by atoms with van der Waals surface area (Å²) >= 11 is 0. The van der Waals surface area contributed by atoms with Crippen LogP contribution in [0.2, 0.25) is 0 Å². The number of benzene rings is 1. The second kappa shape index (κ2) is 7.13. The molecule has 3 aliphatic rings. The van der Waals surface area contributed by atoms with Gasteiger partial charge in [0.2, 0.25) is 5.91 Å². The van der Waals surface area contributed by atoms with Gasteiger partial charge in [0.25, 0.3) is 0 Å². The van der Waals surface area contributed by atoms with E-state index in [0.29, 0.717) is 52.1 Å². The van der Waals surface area contributed by atoms with E-state index in [1.165, 1.54) is 5.56 Å². The highest BCUT2D eigenvalue weighted by Crippen LogP contribution is 2.31. The van der Waals surface area contributed by atoms with E-state index in [1.54, 1.807) is 9.80 Å². The zero-order chi connectivity index (χ0) is 19.0. The van der Waals surface area contributed by atoms with Crippen molar-refractivity contribution in [1.29, 1.82) is 0 Å². The third kappa shape index (κ3) is 3.66. The number of hydrogen-bond acceptors (Lipinski definition) is 4. The molecule has 3 heterocycles. The Morgan fingerprint density at radius 2 is 1.85 bits per heavy atom. The number of amides is 3. The number of nitrogens with one attached hydrogen (secondary N) is 1. The molecule has 7 nitrogen and oxygen atoms in total. The van der Waals surface area contributed by atoms with E-state index in [4.69, 9.17) is 9.47 Å². The minimum absolute atomic E-state index is 0.0499. The monoisotopic (exact) mass is 373 g/mol. The Bertz CT molecular complexity index is 735. The van der Waals surface area contributed by atoms with Crippen molar-refractivity contribution in [3.05, 3.63) is 29.3 Å². The molecule has 1 aromatic carbocycles. The van der Waals surface area contributed by atoms with Gasteiger partial charge in [-0.15, -0.1) is 0 Å². The average Bonchev–Trinajstić information content (AvgIpc) is 3.25. The molecule has 4 rings (SSSR count). The predicted molar refractivity (Wildman–Crippen MR) is 101 cm³/mol. The van der Waals surface area contributed by atoms with Crippen LogP contribution in [0.3, 0.4) is 0 Å². The van der Waals surface area contributed by atoms with Crippen molar-refractivity contribution < 1.29 is 19.1 Å². The molecular formula is C20H27N3O4. The van der Waals surface area contributed by atoms with Gasteiger partial charge in [-0.05, 0) is 37.1 Å². The Labute approximate surface area is 159 Å². The average molecular weight is 373 g/mol. The third-order valence-corrected chi connectivity index (χ3v) is 5.88. The van der Waals surface area contributed by atoms with Crippen molar-refractivity contribution in [1.82, 2.24) is 10.2 Å². The Morgan fingerprint density at radius 3 is 2.52 bits per heavy atom. The lowest BCUT2D eigenvalue weighted by Gasteiger charge is -2.37. The largest absolute Gasteiger partial charge is 0.347 e. The first-order valence-electron chi connectivity index (χ1n) is 9.67. The molecule has 3 saturated heterocycles. The number of urea groups is 1. The van der Waals surface area contributed by atoms with Gasteiger partial charge in [0.1, 0.15) is 0 Å². The third-order valence-electron chi connectivity index (χ3n) is 5.88. The zero-order valence-corrected chi connectivity index (χ0v) is 16.0. The molecular weight excluding hydrogens is 346 g/mol. The lowest BCUT2D eigenvalue weighted by atomic mass is 10.0. The summed E-state index contributed by atoms with van der Waals surface area (Å²) in [4.78, 5) is 28.6. The van der Waals surface area contributed by atoms with Crippen LogP contribution in [0.5, 0.6) is 0 Å². The van der Waals surface area contributed by atoms with Crippen molar-refractivity contribution in [2.24, 2.45) is 0 Å². The Balaban J connectivity index is 1.33. The van der Waals surface area contributed by atoms with Gasteiger partial charge in [0.05, 0.1) is 19.3 Å². The zero-order valence-electron chi connectivity index (χ0n) is 16.0. The van der Waals surface area contributed by atoms with Crippen molar-refractivity contribution in [2.75, 3.05) is 37.7 Å². The summed E-state index contributed by atoms with van der Waals surface area (Å²) in [6.07, 6.45) is 1.72. The van der Waals surface area contributed by atoms with Gasteiger partial charge in [-0.25, -0.2) is 4.79 Å². The van der Waals surface area contributed by atoms with Gasteiger partial charge in [-0.1, -0.05) is 6.07 Å². The highest BCUT2D eigenvalue weighted by atomic mass is 16.7. The summed E-state index contributed by atoms with van der Waals surface area (Å²) in [5.74, 6) is -0.436. The molecule has 0 saturated carbocycles. The number of carbonyl (C=O) groups excluding carboxylic acids is 2. The van der Waals surface area contributed by atoms with Crippen LogP contribution in [0.4, 0.5) is 10.5 Å². The van der Waals surface area contributed by atoms with Gasteiger partial charge in [0, 0.05) is 44.6 Å². The number of anilines is 1. The van der Waals surface area contributed by atoms with Crippen LogP contribution in [0.1, 0.15) is 30.4 Å². The van der Waals surface area contributed by atoms with E-state index in [1.807, 2.05) is 25.1 Å². The van der Waals surface area contributed by atoms with E-state index < -0.39 is 5.79 Å². The fourth-order valence-corrected chi connectivity index (χ4v) is 4.05. The highest BCUT2D eigenvalue weighted by molar-refractivity contribution is 5.97. The minimum atomic E-state index is -0.486. The molecule has 3 aliphatic heterocycles. The summed E-state index contributed by atoms with van der Waals surface area (Å²) in [7, 11) is 0. The molecule has 7 heteroatoms. The molecule has 1 aromatic rings. The molecule has 27 heavy (non-hydrogen) atoms. The molecule has 0 aliphatic carbocycles. The van der Waals surface area contributed by atoms with E-state index >= 15 is 0 Å². The van der Waals surface area contributed by atoms with E-state index in [-0.39, 0.29) is 18.0 Å². The van der Waals surface area contributed by atoms with Crippen LogP contribution >= 0.6 is 0 Å². The maximum Gasteiger partial charge on any atom is 0.317 e. The summed E-state index contributed by atoms with van der Waals surface area (Å²) in [5, 5.41) is 3.03. The quantitative estimate of drug-likeness (QED) is 0.860. The molecule has 1 spiro atoms. The number of piperidine rings is 1. The van der Waals surface area contributed by atoms with Crippen LogP contribution in [0, 0.1) is 13.8 Å². The van der Waals surface area contributed by atoms with Crippen LogP contribution in [-0.4, -0.2) is 61.5 Å². The number of ether oxygens (including phenoxy) is 2. The van der Waals surface area contributed by atoms with Crippen molar-refractivity contribution in [3.63, 3.8) is 0 Å². The second-order valence-corrected chi connectivity index (χ2v) is 7.72. The van der Waals surface area contributed by atoms with Crippen molar-refractivity contribution in [3.8, 4) is 0 Å². The number of nitrogens with zero attached hydrogens (tertiary/aromatic N) is 2. The lowest BCUT2D eigenvalue weighted by molar-refractivity contribution is -0.181. The normalized spacial score (nSPS) is 24.7. The summed E-state index contributed by atoms with van der Waals surface area (Å²) in [6.45, 7) is 7.07. The molecule has 0 radical (unpaired) electrons. The number of carbonyl (C=O) groups is 2. The molecule has 1 unspecified atom stereocenters. The van der Waals surface area contributed by atoms with Crippen LogP contribution in [0.15, 0.2) is 18.2 Å². The number of rotatable bonds is 2. The fourth-order valence-electron chi connectivity index (χ4n) is 4.05. The van der Waals surface area contributed by atoms with Crippen molar-refractivity contribution in [2.45, 2.75) is 44.9 Å². The van der Waals surface area contributed by atoms with Crippen molar-refractivity contribution >= 4 is 17.6 Å². The number of hydrogen-bond donors (Lipinski definition) is 1. The first-order valence-corrected chi connectivity index (χ1v) is 9.67. The standard InChI is InChI=1S/C20H27N3O4/c1-14-3-4-17(11-15(14)2)23-13-16(12-18(23)24)21-19(25)22-7-5-20(6-8-22)26-9-10-27-20/h3-4,11,16H,5-10,12-13H2,1-2H3,(H,21,25).